The maximum absolute atomic E-state index is 10.3. The molecular weight excluding hydrogens is 344 g/mol. The van der Waals surface area contributed by atoms with Gasteiger partial charge in [-0.1, -0.05) is 12.1 Å². The van der Waals surface area contributed by atoms with Crippen LogP contribution in [0.2, 0.25) is 0 Å². The molecule has 2 aromatic carbocycles. The Labute approximate surface area is 159 Å². The summed E-state index contributed by atoms with van der Waals surface area (Å²) in [6, 6.07) is 10.7. The van der Waals surface area contributed by atoms with E-state index in [-0.39, 0.29) is 11.5 Å². The van der Waals surface area contributed by atoms with Crippen LogP contribution in [-0.4, -0.2) is 50.0 Å². The molecule has 0 heterocycles. The monoisotopic (exact) mass is 370 g/mol. The van der Waals surface area contributed by atoms with Crippen LogP contribution in [0.1, 0.15) is 30.4 Å². The number of phenolic OH excluding ortho intramolecular Hbond substituents is 2. The molecule has 0 aromatic heterocycles. The molecule has 0 atom stereocenters. The van der Waals surface area contributed by atoms with E-state index in [0.29, 0.717) is 35.5 Å². The number of aliphatic imine (C=N–C) groups is 2. The molecule has 0 unspecified atom stereocenters. The molecule has 0 aliphatic carbocycles. The van der Waals surface area contributed by atoms with E-state index in [2.05, 4.69) is 9.98 Å². The van der Waals surface area contributed by atoms with E-state index < -0.39 is 0 Å². The molecule has 27 heavy (non-hydrogen) atoms. The molecule has 0 fully saturated rings. The zero-order chi connectivity index (χ0) is 19.8. The average Bonchev–Trinajstić information content (AvgIpc) is 2.69. The molecule has 2 aromatic rings. The van der Waals surface area contributed by atoms with Gasteiger partial charge in [0.2, 0.25) is 0 Å². The zero-order valence-corrected chi connectivity index (χ0v) is 16.2. The van der Waals surface area contributed by atoms with E-state index in [1.807, 2.05) is 24.3 Å². The number of aromatic hydroxyl groups is 2. The highest BCUT2D eigenvalue weighted by Gasteiger charge is 2.15. The van der Waals surface area contributed by atoms with Gasteiger partial charge in [0.15, 0.2) is 23.0 Å². The molecule has 0 saturated carbocycles. The molecule has 0 aliphatic heterocycles. The van der Waals surface area contributed by atoms with E-state index in [1.165, 1.54) is 14.2 Å². The Bertz CT molecular complexity index is 775. The Balaban J connectivity index is 2.12. The van der Waals surface area contributed by atoms with E-state index in [1.54, 1.807) is 26.2 Å². The minimum atomic E-state index is 0.0930. The Morgan fingerprint density at radius 2 is 1.19 bits per heavy atom. The van der Waals surface area contributed by atoms with Crippen molar-refractivity contribution in [3.63, 3.8) is 0 Å². The fraction of sp³-hybridized carbons (Fsp3) is 0.333. The van der Waals surface area contributed by atoms with Crippen LogP contribution in [0.3, 0.4) is 0 Å². The van der Waals surface area contributed by atoms with Crippen LogP contribution < -0.4 is 9.47 Å². The summed E-state index contributed by atoms with van der Waals surface area (Å²) in [6.07, 6.45) is 2.06. The first-order chi connectivity index (χ1) is 13.1. The van der Waals surface area contributed by atoms with Crippen LogP contribution in [-0.2, 0) is 0 Å². The number of para-hydroxylation sites is 2. The fourth-order valence-electron chi connectivity index (χ4n) is 3.00. The Morgan fingerprint density at radius 3 is 1.52 bits per heavy atom. The van der Waals surface area contributed by atoms with Crippen molar-refractivity contribution < 1.29 is 19.7 Å². The van der Waals surface area contributed by atoms with Crippen molar-refractivity contribution in [3.05, 3.63) is 47.5 Å². The fourth-order valence-corrected chi connectivity index (χ4v) is 3.00. The summed E-state index contributed by atoms with van der Waals surface area (Å²) < 4.78 is 10.3. The molecule has 6 nitrogen and oxygen atoms in total. The van der Waals surface area contributed by atoms with E-state index >= 15 is 0 Å². The third kappa shape index (κ3) is 4.58. The maximum Gasteiger partial charge on any atom is 0.166 e. The molecule has 144 valence electrons. The highest BCUT2D eigenvalue weighted by Crippen LogP contribution is 2.32. The first kappa shape index (κ1) is 20.3. The SMILES string of the molecule is C/N=C(/CCC/C(=N/C)c1cccc(OC)c1O)c1cccc(OC)c1O. The van der Waals surface area contributed by atoms with Crippen molar-refractivity contribution >= 4 is 11.4 Å². The molecule has 0 aliphatic rings. The molecule has 2 rings (SSSR count). The van der Waals surface area contributed by atoms with Crippen molar-refractivity contribution in [1.29, 1.82) is 0 Å². The molecule has 0 amide bonds. The standard InChI is InChI=1S/C21H26N2O4/c1-22-16(14-8-5-12-18(26-3)20(14)24)10-7-11-17(23-2)15-9-6-13-19(27-4)21(15)25/h5-6,8-9,12-13,24-25H,7,10-11H2,1-4H3/b22-16-,23-17-. The van der Waals surface area contributed by atoms with Gasteiger partial charge in [-0.05, 0) is 43.5 Å². The maximum atomic E-state index is 10.3. The lowest BCUT2D eigenvalue weighted by Crippen LogP contribution is -2.06. The van der Waals surface area contributed by atoms with Gasteiger partial charge in [-0.3, -0.25) is 9.98 Å². The summed E-state index contributed by atoms with van der Waals surface area (Å²) in [5, 5.41) is 20.7. The highest BCUT2D eigenvalue weighted by molar-refractivity contribution is 6.05. The second-order valence-electron chi connectivity index (χ2n) is 5.91. The van der Waals surface area contributed by atoms with Gasteiger partial charge in [0.05, 0.1) is 14.2 Å². The number of phenols is 2. The largest absolute Gasteiger partial charge is 0.504 e. The molecule has 0 bridgehead atoms. The zero-order valence-electron chi connectivity index (χ0n) is 16.2. The molecule has 0 radical (unpaired) electrons. The predicted octanol–water partition coefficient (Wildman–Crippen LogP) is 3.82. The second-order valence-corrected chi connectivity index (χ2v) is 5.91. The van der Waals surface area contributed by atoms with Crippen LogP contribution in [0.4, 0.5) is 0 Å². The van der Waals surface area contributed by atoms with Gasteiger partial charge in [-0.2, -0.15) is 0 Å². The van der Waals surface area contributed by atoms with Gasteiger partial charge in [0.25, 0.3) is 0 Å². The Hall–Kier alpha value is -3.02. The number of hydrogen-bond donors (Lipinski definition) is 2. The minimum Gasteiger partial charge on any atom is -0.504 e. The van der Waals surface area contributed by atoms with Crippen LogP contribution in [0.5, 0.6) is 23.0 Å². The second kappa shape index (κ2) is 9.62. The number of methoxy groups -OCH3 is 2. The van der Waals surface area contributed by atoms with Crippen LogP contribution in [0.25, 0.3) is 0 Å². The van der Waals surface area contributed by atoms with Crippen molar-refractivity contribution in [2.45, 2.75) is 19.3 Å². The lowest BCUT2D eigenvalue weighted by atomic mass is 9.99. The molecule has 0 spiro atoms. The van der Waals surface area contributed by atoms with Gasteiger partial charge in [-0.25, -0.2) is 0 Å². The smallest absolute Gasteiger partial charge is 0.166 e. The van der Waals surface area contributed by atoms with Gasteiger partial charge in [0, 0.05) is 36.6 Å². The number of ether oxygens (including phenoxy) is 2. The summed E-state index contributed by atoms with van der Waals surface area (Å²) in [5.74, 6) is 1.03. The first-order valence-corrected chi connectivity index (χ1v) is 8.71. The Morgan fingerprint density at radius 1 is 0.778 bits per heavy atom. The van der Waals surface area contributed by atoms with Crippen molar-refractivity contribution in [2.75, 3.05) is 28.3 Å². The third-order valence-corrected chi connectivity index (χ3v) is 4.43. The molecular formula is C21H26N2O4. The van der Waals surface area contributed by atoms with Crippen LogP contribution in [0.15, 0.2) is 46.4 Å². The minimum absolute atomic E-state index is 0.0930. The number of nitrogens with zero attached hydrogens (tertiary/aromatic N) is 2. The topological polar surface area (TPSA) is 83.6 Å². The van der Waals surface area contributed by atoms with E-state index in [9.17, 15) is 10.2 Å². The average molecular weight is 370 g/mol. The van der Waals surface area contributed by atoms with Gasteiger partial charge in [0.1, 0.15) is 0 Å². The highest BCUT2D eigenvalue weighted by atomic mass is 16.5. The summed E-state index contributed by atoms with van der Waals surface area (Å²) in [5.41, 5.74) is 2.90. The summed E-state index contributed by atoms with van der Waals surface area (Å²) in [4.78, 5) is 8.65. The van der Waals surface area contributed by atoms with E-state index in [0.717, 1.165) is 17.8 Å². The predicted molar refractivity (Wildman–Crippen MR) is 108 cm³/mol. The third-order valence-electron chi connectivity index (χ3n) is 4.43. The quantitative estimate of drug-likeness (QED) is 0.692. The van der Waals surface area contributed by atoms with E-state index in [4.69, 9.17) is 9.47 Å². The van der Waals surface area contributed by atoms with Crippen molar-refractivity contribution in [3.8, 4) is 23.0 Å². The van der Waals surface area contributed by atoms with Crippen LogP contribution >= 0.6 is 0 Å². The van der Waals surface area contributed by atoms with Gasteiger partial charge >= 0.3 is 0 Å². The van der Waals surface area contributed by atoms with Gasteiger partial charge in [-0.15, -0.1) is 0 Å². The Kier molecular flexibility index (Phi) is 7.23. The molecule has 0 saturated heterocycles. The lowest BCUT2D eigenvalue weighted by molar-refractivity contribution is 0.373. The normalized spacial score (nSPS) is 12.1. The number of rotatable bonds is 8. The number of benzene rings is 2. The van der Waals surface area contributed by atoms with Crippen molar-refractivity contribution in [1.82, 2.24) is 0 Å². The number of hydrogen-bond acceptors (Lipinski definition) is 6. The van der Waals surface area contributed by atoms with Gasteiger partial charge < -0.3 is 19.7 Å². The molecule has 6 heteroatoms. The first-order valence-electron chi connectivity index (χ1n) is 8.71. The summed E-state index contributed by atoms with van der Waals surface area (Å²) >= 11 is 0. The lowest BCUT2D eigenvalue weighted by Gasteiger charge is -2.13. The van der Waals surface area contributed by atoms with Crippen molar-refractivity contribution in [2.24, 2.45) is 9.98 Å². The van der Waals surface area contributed by atoms with Crippen LogP contribution in [0, 0.1) is 0 Å². The molecule has 2 N–H and O–H groups in total. The summed E-state index contributed by atoms with van der Waals surface area (Å²) in [6.45, 7) is 0. The summed E-state index contributed by atoms with van der Waals surface area (Å²) in [7, 11) is 6.45.